The lowest BCUT2D eigenvalue weighted by atomic mass is 9.92. The zero-order chi connectivity index (χ0) is 24.6. The second-order valence-corrected chi connectivity index (χ2v) is 9.68. The standard InChI is InChI=1S/C27H31N5O3/c1-19-5-8-23(9-6-19)31-18-27(35-17-25(31)33)11-4-13-30(14-12-27)26(34)22-7-10-24(28-16-22)32-21(3)15-20(2)29-32/h5-10,15-16H,4,11-14,17-18H2,1-3H3. The van der Waals surface area contributed by atoms with Crippen molar-refractivity contribution in [3.63, 3.8) is 0 Å². The van der Waals surface area contributed by atoms with Gasteiger partial charge < -0.3 is 14.5 Å². The molecule has 182 valence electrons. The Morgan fingerprint density at radius 1 is 1.03 bits per heavy atom. The second kappa shape index (κ2) is 9.26. The number of aryl methyl sites for hydroxylation is 3. The molecule has 2 aromatic heterocycles. The van der Waals surface area contributed by atoms with Crippen LogP contribution < -0.4 is 4.90 Å². The first-order chi connectivity index (χ1) is 16.8. The topological polar surface area (TPSA) is 80.6 Å². The third-order valence-electron chi connectivity index (χ3n) is 7.00. The van der Waals surface area contributed by atoms with Crippen molar-refractivity contribution in [2.45, 2.75) is 45.6 Å². The molecule has 3 aromatic rings. The Hall–Kier alpha value is -3.52. The third-order valence-corrected chi connectivity index (χ3v) is 7.00. The fourth-order valence-electron chi connectivity index (χ4n) is 5.03. The summed E-state index contributed by atoms with van der Waals surface area (Å²) >= 11 is 0. The highest BCUT2D eigenvalue weighted by Crippen LogP contribution is 2.33. The van der Waals surface area contributed by atoms with Gasteiger partial charge in [0.15, 0.2) is 5.82 Å². The van der Waals surface area contributed by atoms with E-state index >= 15 is 0 Å². The Morgan fingerprint density at radius 3 is 2.51 bits per heavy atom. The second-order valence-electron chi connectivity index (χ2n) is 9.68. The number of aromatic nitrogens is 3. The van der Waals surface area contributed by atoms with Crippen LogP contribution in [0.15, 0.2) is 48.7 Å². The van der Waals surface area contributed by atoms with Crippen molar-refractivity contribution in [2.75, 3.05) is 31.1 Å². The summed E-state index contributed by atoms with van der Waals surface area (Å²) in [4.78, 5) is 34.1. The van der Waals surface area contributed by atoms with Crippen molar-refractivity contribution in [3.8, 4) is 5.82 Å². The molecule has 2 amide bonds. The molecule has 1 spiro atoms. The predicted molar refractivity (Wildman–Crippen MR) is 133 cm³/mol. The van der Waals surface area contributed by atoms with E-state index < -0.39 is 5.60 Å². The highest BCUT2D eigenvalue weighted by molar-refractivity contribution is 5.95. The van der Waals surface area contributed by atoms with E-state index in [0.29, 0.717) is 37.4 Å². The minimum Gasteiger partial charge on any atom is -0.363 e. The number of hydrogen-bond donors (Lipinski definition) is 0. The van der Waals surface area contributed by atoms with Crippen LogP contribution in [0.2, 0.25) is 0 Å². The van der Waals surface area contributed by atoms with E-state index in [1.165, 1.54) is 0 Å². The molecule has 2 saturated heterocycles. The number of likely N-dealkylation sites (tertiary alicyclic amines) is 1. The SMILES string of the molecule is Cc1ccc(N2CC3(CCCN(C(=O)c4ccc(-n5nc(C)cc5C)nc4)CC3)OCC2=O)cc1. The van der Waals surface area contributed by atoms with Gasteiger partial charge in [-0.25, -0.2) is 9.67 Å². The van der Waals surface area contributed by atoms with Crippen molar-refractivity contribution in [2.24, 2.45) is 0 Å². The Morgan fingerprint density at radius 2 is 1.83 bits per heavy atom. The van der Waals surface area contributed by atoms with Crippen LogP contribution in [0.3, 0.4) is 0 Å². The van der Waals surface area contributed by atoms with Gasteiger partial charge in [-0.2, -0.15) is 5.10 Å². The molecule has 1 atom stereocenters. The van der Waals surface area contributed by atoms with E-state index in [4.69, 9.17) is 4.74 Å². The number of morpholine rings is 1. The summed E-state index contributed by atoms with van der Waals surface area (Å²) in [5.41, 5.74) is 4.10. The number of carbonyl (C=O) groups excluding carboxylic acids is 2. The molecular weight excluding hydrogens is 442 g/mol. The van der Waals surface area contributed by atoms with Gasteiger partial charge in [0.2, 0.25) is 0 Å². The van der Waals surface area contributed by atoms with Crippen LogP contribution in [0.5, 0.6) is 0 Å². The van der Waals surface area contributed by atoms with E-state index in [0.717, 1.165) is 35.5 Å². The Labute approximate surface area is 205 Å². The van der Waals surface area contributed by atoms with Crippen molar-refractivity contribution in [1.82, 2.24) is 19.7 Å². The molecule has 2 aliphatic rings. The number of anilines is 1. The lowest BCUT2D eigenvalue weighted by molar-refractivity contribution is -0.140. The van der Waals surface area contributed by atoms with Gasteiger partial charge in [0, 0.05) is 30.7 Å². The van der Waals surface area contributed by atoms with Gasteiger partial charge in [0.25, 0.3) is 11.8 Å². The molecule has 0 N–H and O–H groups in total. The van der Waals surface area contributed by atoms with Crippen LogP contribution in [-0.4, -0.2) is 63.3 Å². The van der Waals surface area contributed by atoms with Crippen LogP contribution in [-0.2, 0) is 9.53 Å². The first-order valence-electron chi connectivity index (χ1n) is 12.1. The summed E-state index contributed by atoms with van der Waals surface area (Å²) in [5.74, 6) is 0.639. The van der Waals surface area contributed by atoms with E-state index in [2.05, 4.69) is 10.1 Å². The molecule has 0 saturated carbocycles. The molecule has 0 bridgehead atoms. The normalized spacial score (nSPS) is 20.8. The average Bonchev–Trinajstić information content (AvgIpc) is 3.07. The van der Waals surface area contributed by atoms with Crippen molar-refractivity contribution in [3.05, 3.63) is 71.2 Å². The Balaban J connectivity index is 1.27. The van der Waals surface area contributed by atoms with Crippen LogP contribution >= 0.6 is 0 Å². The van der Waals surface area contributed by atoms with E-state index in [9.17, 15) is 9.59 Å². The molecule has 0 radical (unpaired) electrons. The van der Waals surface area contributed by atoms with Gasteiger partial charge in [0.05, 0.1) is 23.4 Å². The monoisotopic (exact) mass is 473 g/mol. The number of ether oxygens (including phenoxy) is 1. The molecule has 1 aromatic carbocycles. The maximum Gasteiger partial charge on any atom is 0.255 e. The van der Waals surface area contributed by atoms with Crippen LogP contribution in [0, 0.1) is 20.8 Å². The molecule has 0 aliphatic carbocycles. The van der Waals surface area contributed by atoms with Gasteiger partial charge >= 0.3 is 0 Å². The van der Waals surface area contributed by atoms with Gasteiger partial charge in [-0.15, -0.1) is 0 Å². The van der Waals surface area contributed by atoms with E-state index in [1.807, 2.05) is 73.0 Å². The lowest BCUT2D eigenvalue weighted by Gasteiger charge is -2.42. The predicted octanol–water partition coefficient (Wildman–Crippen LogP) is 3.62. The zero-order valence-electron chi connectivity index (χ0n) is 20.5. The van der Waals surface area contributed by atoms with Gasteiger partial charge in [-0.1, -0.05) is 17.7 Å². The number of amides is 2. The minimum absolute atomic E-state index is 0.0227. The summed E-state index contributed by atoms with van der Waals surface area (Å²) in [6.45, 7) is 7.77. The van der Waals surface area contributed by atoms with Gasteiger partial charge in [0.1, 0.15) is 6.61 Å². The molecule has 8 heteroatoms. The maximum atomic E-state index is 13.3. The zero-order valence-corrected chi connectivity index (χ0v) is 20.5. The van der Waals surface area contributed by atoms with E-state index in [1.54, 1.807) is 10.9 Å². The molecule has 4 heterocycles. The van der Waals surface area contributed by atoms with Gasteiger partial charge in [-0.3, -0.25) is 9.59 Å². The average molecular weight is 474 g/mol. The number of hydrogen-bond acceptors (Lipinski definition) is 5. The lowest BCUT2D eigenvalue weighted by Crippen LogP contribution is -2.55. The van der Waals surface area contributed by atoms with E-state index in [-0.39, 0.29) is 18.4 Å². The van der Waals surface area contributed by atoms with Crippen LogP contribution in [0.25, 0.3) is 5.82 Å². The Bertz CT molecular complexity index is 1230. The van der Waals surface area contributed by atoms with Gasteiger partial charge in [-0.05, 0) is 70.4 Å². The highest BCUT2D eigenvalue weighted by atomic mass is 16.5. The molecule has 35 heavy (non-hydrogen) atoms. The molecule has 2 fully saturated rings. The largest absolute Gasteiger partial charge is 0.363 e. The number of rotatable bonds is 3. The minimum atomic E-state index is -0.439. The molecular formula is C27H31N5O3. The molecule has 1 unspecified atom stereocenters. The fraction of sp³-hybridized carbons (Fsp3) is 0.407. The molecule has 5 rings (SSSR count). The number of pyridine rings is 1. The summed E-state index contributed by atoms with van der Waals surface area (Å²) in [6, 6.07) is 13.7. The summed E-state index contributed by atoms with van der Waals surface area (Å²) in [7, 11) is 0. The highest BCUT2D eigenvalue weighted by Gasteiger charge is 2.42. The Kier molecular flexibility index (Phi) is 6.15. The quantitative estimate of drug-likeness (QED) is 0.581. The number of carbonyl (C=O) groups is 2. The van der Waals surface area contributed by atoms with Crippen molar-refractivity contribution < 1.29 is 14.3 Å². The summed E-state index contributed by atoms with van der Waals surface area (Å²) in [6.07, 6.45) is 3.94. The summed E-state index contributed by atoms with van der Waals surface area (Å²) in [5, 5.41) is 4.46. The van der Waals surface area contributed by atoms with Crippen LogP contribution in [0.4, 0.5) is 5.69 Å². The summed E-state index contributed by atoms with van der Waals surface area (Å²) < 4.78 is 7.91. The first kappa shape index (κ1) is 23.2. The maximum absolute atomic E-state index is 13.3. The van der Waals surface area contributed by atoms with Crippen molar-refractivity contribution in [1.29, 1.82) is 0 Å². The molecule has 8 nitrogen and oxygen atoms in total. The van der Waals surface area contributed by atoms with Crippen LogP contribution in [0.1, 0.15) is 46.6 Å². The third kappa shape index (κ3) is 4.71. The number of benzene rings is 1. The fourth-order valence-corrected chi connectivity index (χ4v) is 5.03. The smallest absolute Gasteiger partial charge is 0.255 e. The first-order valence-corrected chi connectivity index (χ1v) is 12.1. The van der Waals surface area contributed by atoms with Crippen molar-refractivity contribution >= 4 is 17.5 Å². The molecule has 2 aliphatic heterocycles. The number of nitrogens with zero attached hydrogens (tertiary/aromatic N) is 5.